The minimum absolute atomic E-state index is 0.386. The maximum absolute atomic E-state index is 12.3. The van der Waals surface area contributed by atoms with Crippen molar-refractivity contribution in [1.29, 1.82) is 0 Å². The Labute approximate surface area is 206 Å². The van der Waals surface area contributed by atoms with Gasteiger partial charge in [0.15, 0.2) is 5.76 Å². The lowest BCUT2D eigenvalue weighted by atomic mass is 9.99. The van der Waals surface area contributed by atoms with Gasteiger partial charge in [-0.2, -0.15) is 0 Å². The van der Waals surface area contributed by atoms with Gasteiger partial charge in [0.05, 0.1) is 23.3 Å². The van der Waals surface area contributed by atoms with Crippen LogP contribution in [0.2, 0.25) is 0 Å². The van der Waals surface area contributed by atoms with Gasteiger partial charge in [0.2, 0.25) is 0 Å². The first-order valence-electron chi connectivity index (χ1n) is 10.8. The van der Waals surface area contributed by atoms with Gasteiger partial charge in [-0.15, -0.1) is 0 Å². The highest BCUT2D eigenvalue weighted by Gasteiger charge is 2.14. The number of nitrogens with two attached hydrogens (primary N) is 1. The highest BCUT2D eigenvalue weighted by atomic mass is 32.2. The van der Waals surface area contributed by atoms with E-state index in [2.05, 4.69) is 32.4 Å². The van der Waals surface area contributed by atoms with E-state index in [4.69, 9.17) is 15.3 Å². The Hall–Kier alpha value is -4.05. The molecule has 9 heteroatoms. The number of fused-ring (bicyclic) bond motifs is 1. The second-order valence-electron chi connectivity index (χ2n) is 7.78. The quantitative estimate of drug-likeness (QED) is 0.133. The van der Waals surface area contributed by atoms with Crippen molar-refractivity contribution < 1.29 is 9.32 Å². The summed E-state index contributed by atoms with van der Waals surface area (Å²) in [4.78, 5) is 21.1. The van der Waals surface area contributed by atoms with Crippen LogP contribution in [-0.4, -0.2) is 27.3 Å². The predicted molar refractivity (Wildman–Crippen MR) is 138 cm³/mol. The third-order valence-electron chi connectivity index (χ3n) is 5.63. The van der Waals surface area contributed by atoms with E-state index in [-0.39, 0.29) is 5.91 Å². The summed E-state index contributed by atoms with van der Waals surface area (Å²) >= 11 is 1.54. The topological polar surface area (TPSA) is 119 Å². The van der Waals surface area contributed by atoms with Gasteiger partial charge in [-0.1, -0.05) is 65.6 Å². The van der Waals surface area contributed by atoms with Crippen molar-refractivity contribution in [3.05, 3.63) is 90.4 Å². The second-order valence-corrected chi connectivity index (χ2v) is 8.48. The molecule has 0 unspecified atom stereocenters. The van der Waals surface area contributed by atoms with Crippen LogP contribution < -0.4 is 16.0 Å². The molecule has 0 aliphatic heterocycles. The lowest BCUT2D eigenvalue weighted by Crippen LogP contribution is -2.30. The van der Waals surface area contributed by atoms with Crippen molar-refractivity contribution in [3.8, 4) is 33.6 Å². The summed E-state index contributed by atoms with van der Waals surface area (Å²) in [5.41, 5.74) is 8.82. The summed E-state index contributed by atoms with van der Waals surface area (Å²) < 4.78 is 8.53. The van der Waals surface area contributed by atoms with E-state index >= 15 is 0 Å². The Morgan fingerprint density at radius 2 is 1.60 bits per heavy atom. The zero-order valence-corrected chi connectivity index (χ0v) is 19.7. The fourth-order valence-electron chi connectivity index (χ4n) is 3.82. The normalized spacial score (nSPS) is 11.0. The van der Waals surface area contributed by atoms with Crippen LogP contribution in [0.15, 0.2) is 83.6 Å². The smallest absolute Gasteiger partial charge is 0.265 e. The molecule has 0 spiro atoms. The molecule has 1 amide bonds. The molecular formula is C26H22N6O2S. The van der Waals surface area contributed by atoms with Crippen LogP contribution in [-0.2, 0) is 6.54 Å². The van der Waals surface area contributed by atoms with E-state index in [9.17, 15) is 4.79 Å². The standard InChI is InChI=1S/C26H22N6O2S/c1-35-29-14-20-12-25(32-34-20)19-8-4-17(5-9-19)16-2-6-18(7-3-16)24-13-21(26(33)31-27)22-15-28-11-10-23(22)30-24/h2-13,15,29H,14,27H2,1H3,(H,31,33). The van der Waals surface area contributed by atoms with E-state index in [0.29, 0.717) is 28.7 Å². The minimum atomic E-state index is -0.386. The van der Waals surface area contributed by atoms with Crippen LogP contribution in [0.25, 0.3) is 44.5 Å². The van der Waals surface area contributed by atoms with Gasteiger partial charge >= 0.3 is 0 Å². The number of rotatable bonds is 7. The lowest BCUT2D eigenvalue weighted by Gasteiger charge is -2.09. The molecular weight excluding hydrogens is 460 g/mol. The number of hydrogen-bond donors (Lipinski definition) is 3. The molecule has 0 saturated carbocycles. The van der Waals surface area contributed by atoms with E-state index in [1.165, 1.54) is 11.9 Å². The van der Waals surface area contributed by atoms with Crippen LogP contribution >= 0.6 is 11.9 Å². The molecule has 5 aromatic rings. The van der Waals surface area contributed by atoms with Gasteiger partial charge in [0.1, 0.15) is 5.69 Å². The van der Waals surface area contributed by atoms with E-state index in [1.807, 2.05) is 48.7 Å². The van der Waals surface area contributed by atoms with Gasteiger partial charge < -0.3 is 4.52 Å². The van der Waals surface area contributed by atoms with Gasteiger partial charge in [-0.3, -0.25) is 19.9 Å². The van der Waals surface area contributed by atoms with E-state index in [0.717, 1.165) is 33.7 Å². The Morgan fingerprint density at radius 3 is 2.26 bits per heavy atom. The van der Waals surface area contributed by atoms with Gasteiger partial charge in [-0.05, 0) is 29.5 Å². The van der Waals surface area contributed by atoms with E-state index < -0.39 is 0 Å². The molecule has 0 aliphatic carbocycles. The molecule has 174 valence electrons. The number of hydrazine groups is 1. The SMILES string of the molecule is CSNCc1cc(-c2ccc(-c3ccc(-c4cc(C(=O)NN)c5cnccc5n4)cc3)cc2)no1. The molecule has 0 bridgehead atoms. The second kappa shape index (κ2) is 10.1. The molecule has 0 aliphatic rings. The Kier molecular flexibility index (Phi) is 6.53. The first-order valence-corrected chi connectivity index (χ1v) is 12.1. The fourth-order valence-corrected chi connectivity index (χ4v) is 4.11. The number of amides is 1. The number of hydrogen-bond acceptors (Lipinski definition) is 8. The summed E-state index contributed by atoms with van der Waals surface area (Å²) in [7, 11) is 0. The highest BCUT2D eigenvalue weighted by molar-refractivity contribution is 7.96. The minimum Gasteiger partial charge on any atom is -0.359 e. The van der Waals surface area contributed by atoms with Gasteiger partial charge in [0, 0.05) is 35.0 Å². The maximum Gasteiger partial charge on any atom is 0.265 e. The van der Waals surface area contributed by atoms with Gasteiger partial charge in [0.25, 0.3) is 5.91 Å². The number of carbonyl (C=O) groups excluding carboxylic acids is 1. The fraction of sp³-hybridized carbons (Fsp3) is 0.0769. The number of nitrogens with one attached hydrogen (secondary N) is 2. The van der Waals surface area contributed by atoms with Crippen molar-refractivity contribution in [2.75, 3.05) is 6.26 Å². The summed E-state index contributed by atoms with van der Waals surface area (Å²) in [5.74, 6) is 5.79. The average Bonchev–Trinajstić information content (AvgIpc) is 3.40. The average molecular weight is 483 g/mol. The van der Waals surface area contributed by atoms with Crippen molar-refractivity contribution in [2.45, 2.75) is 6.54 Å². The number of aromatic nitrogens is 3. The van der Waals surface area contributed by atoms with Crippen LogP contribution in [0.1, 0.15) is 16.1 Å². The number of carbonyl (C=O) groups is 1. The Bertz CT molecular complexity index is 1480. The molecule has 2 aromatic carbocycles. The van der Waals surface area contributed by atoms with Crippen molar-refractivity contribution in [3.63, 3.8) is 0 Å². The zero-order chi connectivity index (χ0) is 24.2. The number of nitrogen functional groups attached to an aromatic ring is 1. The van der Waals surface area contributed by atoms with Crippen LogP contribution in [0.3, 0.4) is 0 Å². The summed E-state index contributed by atoms with van der Waals surface area (Å²) in [6.45, 7) is 0.625. The van der Waals surface area contributed by atoms with E-state index in [1.54, 1.807) is 24.5 Å². The van der Waals surface area contributed by atoms with Crippen LogP contribution in [0.4, 0.5) is 0 Å². The van der Waals surface area contributed by atoms with Crippen molar-refractivity contribution in [2.24, 2.45) is 5.84 Å². The Morgan fingerprint density at radius 1 is 0.943 bits per heavy atom. The molecule has 5 rings (SSSR count). The molecule has 0 fully saturated rings. The molecule has 3 aromatic heterocycles. The monoisotopic (exact) mass is 482 g/mol. The van der Waals surface area contributed by atoms with Crippen molar-refractivity contribution >= 4 is 28.8 Å². The molecule has 0 saturated heterocycles. The highest BCUT2D eigenvalue weighted by Crippen LogP contribution is 2.29. The number of benzene rings is 2. The van der Waals surface area contributed by atoms with Crippen LogP contribution in [0, 0.1) is 0 Å². The van der Waals surface area contributed by atoms with Crippen molar-refractivity contribution in [1.82, 2.24) is 25.3 Å². The maximum atomic E-state index is 12.3. The molecule has 0 atom stereocenters. The molecule has 4 N–H and O–H groups in total. The lowest BCUT2D eigenvalue weighted by molar-refractivity contribution is 0.0955. The molecule has 0 radical (unpaired) electrons. The predicted octanol–water partition coefficient (Wildman–Crippen LogP) is 4.59. The number of pyridine rings is 2. The summed E-state index contributed by atoms with van der Waals surface area (Å²) in [5, 5.41) is 4.81. The third kappa shape index (κ3) is 4.78. The van der Waals surface area contributed by atoms with Crippen LogP contribution in [0.5, 0.6) is 0 Å². The zero-order valence-electron chi connectivity index (χ0n) is 18.9. The summed E-state index contributed by atoms with van der Waals surface area (Å²) in [6, 6.07) is 21.7. The first-order chi connectivity index (χ1) is 17.2. The molecule has 8 nitrogen and oxygen atoms in total. The van der Waals surface area contributed by atoms with Gasteiger partial charge in [-0.25, -0.2) is 10.8 Å². The third-order valence-corrected chi connectivity index (χ3v) is 6.06. The number of nitrogens with zero attached hydrogens (tertiary/aromatic N) is 3. The largest absolute Gasteiger partial charge is 0.359 e. The molecule has 3 heterocycles. The summed E-state index contributed by atoms with van der Waals surface area (Å²) in [6.07, 6.45) is 5.23. The first kappa shape index (κ1) is 22.7. The Balaban J connectivity index is 1.40. The molecule has 35 heavy (non-hydrogen) atoms.